The first-order valence-electron chi connectivity index (χ1n) is 14.0. The van der Waals surface area contributed by atoms with Crippen molar-refractivity contribution < 1.29 is 13.2 Å². The molecule has 1 spiro atoms. The average Bonchev–Trinajstić information content (AvgIpc) is 3.05. The molecule has 0 bridgehead atoms. The molecular formula is C37H24F3N3. The minimum absolute atomic E-state index is 0.355. The number of hydrogen-bond acceptors (Lipinski definition) is 3. The molecule has 0 aliphatic carbocycles. The number of anilines is 6. The Kier molecular flexibility index (Phi) is 5.50. The van der Waals surface area contributed by atoms with Crippen LogP contribution >= 0.6 is 0 Å². The summed E-state index contributed by atoms with van der Waals surface area (Å²) in [6, 6.07) is 44.4. The highest BCUT2D eigenvalue weighted by molar-refractivity contribution is 5.96. The van der Waals surface area contributed by atoms with Crippen molar-refractivity contribution in [3.63, 3.8) is 0 Å². The summed E-state index contributed by atoms with van der Waals surface area (Å²) < 4.78 is 41.6. The van der Waals surface area contributed by atoms with Crippen molar-refractivity contribution >= 4 is 34.1 Å². The average molecular weight is 568 g/mol. The van der Waals surface area contributed by atoms with Crippen molar-refractivity contribution in [2.24, 2.45) is 0 Å². The highest BCUT2D eigenvalue weighted by Crippen LogP contribution is 2.63. The third-order valence-electron chi connectivity index (χ3n) is 8.52. The molecule has 8 rings (SSSR count). The van der Waals surface area contributed by atoms with Crippen LogP contribution in [0.25, 0.3) is 0 Å². The lowest BCUT2D eigenvalue weighted by Gasteiger charge is -2.51. The van der Waals surface area contributed by atoms with E-state index in [0.717, 1.165) is 56.9 Å². The van der Waals surface area contributed by atoms with Gasteiger partial charge in [-0.25, -0.2) is 0 Å². The smallest absolute Gasteiger partial charge is 0.310 e. The van der Waals surface area contributed by atoms with E-state index in [9.17, 15) is 13.2 Å². The number of fused-ring (bicyclic) bond motifs is 8. The van der Waals surface area contributed by atoms with Crippen LogP contribution in [-0.2, 0) is 11.6 Å². The molecule has 5 aromatic carbocycles. The lowest BCUT2D eigenvalue weighted by atomic mass is 9.60. The number of benzene rings is 5. The molecule has 208 valence electrons. The number of aromatic nitrogens is 1. The van der Waals surface area contributed by atoms with Gasteiger partial charge in [-0.1, -0.05) is 91.0 Å². The molecule has 2 aliphatic rings. The summed E-state index contributed by atoms with van der Waals surface area (Å²) in [5, 5.41) is 0. The van der Waals surface area contributed by atoms with E-state index in [1.807, 2.05) is 59.5 Å². The van der Waals surface area contributed by atoms with Gasteiger partial charge in [0.15, 0.2) is 0 Å². The molecule has 6 aromatic rings. The quantitative estimate of drug-likeness (QED) is 0.207. The summed E-state index contributed by atoms with van der Waals surface area (Å²) in [5.74, 6) is 0. The minimum Gasteiger partial charge on any atom is -0.310 e. The van der Waals surface area contributed by atoms with Gasteiger partial charge in [-0.2, -0.15) is 13.2 Å². The van der Waals surface area contributed by atoms with Gasteiger partial charge in [0.05, 0.1) is 45.6 Å². The van der Waals surface area contributed by atoms with Crippen LogP contribution in [0, 0.1) is 0 Å². The van der Waals surface area contributed by atoms with Gasteiger partial charge in [0.2, 0.25) is 0 Å². The van der Waals surface area contributed by atoms with Crippen molar-refractivity contribution in [1.82, 2.24) is 4.98 Å². The molecule has 0 saturated carbocycles. The van der Waals surface area contributed by atoms with Crippen LogP contribution in [-0.4, -0.2) is 4.98 Å². The minimum atomic E-state index is -4.51. The fourth-order valence-electron chi connectivity index (χ4n) is 6.91. The maximum atomic E-state index is 13.9. The van der Waals surface area contributed by atoms with Crippen LogP contribution in [0.2, 0.25) is 0 Å². The number of hydrogen-bond donors (Lipinski definition) is 0. The van der Waals surface area contributed by atoms with E-state index < -0.39 is 17.2 Å². The van der Waals surface area contributed by atoms with Gasteiger partial charge in [0.1, 0.15) is 0 Å². The van der Waals surface area contributed by atoms with Crippen molar-refractivity contribution in [2.75, 3.05) is 9.80 Å². The Hall–Kier alpha value is -5.36. The molecule has 0 saturated heterocycles. The molecule has 0 atom stereocenters. The van der Waals surface area contributed by atoms with Crippen molar-refractivity contribution in [3.8, 4) is 0 Å². The van der Waals surface area contributed by atoms with E-state index in [1.165, 1.54) is 12.3 Å². The summed E-state index contributed by atoms with van der Waals surface area (Å²) in [7, 11) is 0. The van der Waals surface area contributed by atoms with E-state index in [2.05, 4.69) is 82.7 Å². The van der Waals surface area contributed by atoms with Crippen LogP contribution in [0.1, 0.15) is 27.8 Å². The monoisotopic (exact) mass is 567 g/mol. The molecule has 43 heavy (non-hydrogen) atoms. The van der Waals surface area contributed by atoms with Crippen LogP contribution in [0.4, 0.5) is 47.3 Å². The standard InChI is InChI=1S/C37H24F3N3/c38-37(39,40)25-22-27(24-41-23-25)43-34-20-10-6-16-30(34)36(31-17-7-11-21-35(31)43)28-14-4-8-18-32(28)42(26-12-2-1-3-13-26)33-19-9-5-15-29(33)36/h1-24H. The predicted molar refractivity (Wildman–Crippen MR) is 164 cm³/mol. The van der Waals surface area contributed by atoms with Gasteiger partial charge < -0.3 is 9.80 Å². The van der Waals surface area contributed by atoms with Crippen molar-refractivity contribution in [2.45, 2.75) is 11.6 Å². The third-order valence-corrected chi connectivity index (χ3v) is 8.52. The lowest BCUT2D eigenvalue weighted by molar-refractivity contribution is -0.137. The summed E-state index contributed by atoms with van der Waals surface area (Å²) in [5.41, 5.74) is 7.75. The third kappa shape index (κ3) is 3.59. The largest absolute Gasteiger partial charge is 0.417 e. The van der Waals surface area contributed by atoms with Crippen LogP contribution < -0.4 is 9.80 Å². The molecule has 0 N–H and O–H groups in total. The van der Waals surface area contributed by atoms with E-state index in [0.29, 0.717) is 5.69 Å². The molecular weight excluding hydrogens is 543 g/mol. The highest BCUT2D eigenvalue weighted by atomic mass is 19.4. The normalized spacial score (nSPS) is 14.5. The summed E-state index contributed by atoms with van der Waals surface area (Å²) in [6.07, 6.45) is -2.14. The number of rotatable bonds is 2. The predicted octanol–water partition coefficient (Wildman–Crippen LogP) is 10.0. The molecule has 0 radical (unpaired) electrons. The van der Waals surface area contributed by atoms with Gasteiger partial charge in [-0.05, 0) is 64.7 Å². The van der Waals surface area contributed by atoms with Gasteiger partial charge in [-0.3, -0.25) is 4.98 Å². The zero-order chi connectivity index (χ0) is 29.2. The Morgan fingerprint density at radius 2 is 0.860 bits per heavy atom. The van der Waals surface area contributed by atoms with Crippen molar-refractivity contribution in [3.05, 3.63) is 174 Å². The first-order valence-corrected chi connectivity index (χ1v) is 14.0. The molecule has 3 nitrogen and oxygen atoms in total. The zero-order valence-corrected chi connectivity index (χ0v) is 22.8. The number of halogens is 3. The fraction of sp³-hybridized carbons (Fsp3) is 0.0541. The topological polar surface area (TPSA) is 19.4 Å². The summed E-state index contributed by atoms with van der Waals surface area (Å²) >= 11 is 0. The Bertz CT molecular complexity index is 1900. The van der Waals surface area contributed by atoms with Gasteiger partial charge in [-0.15, -0.1) is 0 Å². The van der Waals surface area contributed by atoms with Gasteiger partial charge >= 0.3 is 6.18 Å². The lowest BCUT2D eigenvalue weighted by Crippen LogP contribution is -2.41. The Morgan fingerprint density at radius 1 is 0.465 bits per heavy atom. The summed E-state index contributed by atoms with van der Waals surface area (Å²) in [6.45, 7) is 0. The molecule has 0 fully saturated rings. The number of nitrogens with zero attached hydrogens (tertiary/aromatic N) is 3. The van der Waals surface area contributed by atoms with Gasteiger partial charge in [0, 0.05) is 11.9 Å². The van der Waals surface area contributed by atoms with Crippen LogP contribution in [0.3, 0.4) is 0 Å². The highest BCUT2D eigenvalue weighted by Gasteiger charge is 2.51. The Labute approximate surface area is 247 Å². The molecule has 0 unspecified atom stereocenters. The van der Waals surface area contributed by atoms with E-state index in [4.69, 9.17) is 0 Å². The zero-order valence-electron chi connectivity index (χ0n) is 22.8. The van der Waals surface area contributed by atoms with Gasteiger partial charge in [0.25, 0.3) is 0 Å². The van der Waals surface area contributed by atoms with E-state index >= 15 is 0 Å². The number of alkyl halides is 3. The number of pyridine rings is 1. The maximum absolute atomic E-state index is 13.9. The Morgan fingerprint density at radius 3 is 1.30 bits per heavy atom. The SMILES string of the molecule is FC(F)(F)c1cncc(N2c3ccccc3C3(c4ccccc4N(c4ccccc4)c4ccccc43)c3ccccc32)c1. The molecule has 6 heteroatoms. The second-order valence-electron chi connectivity index (χ2n) is 10.8. The first-order chi connectivity index (χ1) is 21.0. The second-order valence-corrected chi connectivity index (χ2v) is 10.8. The molecule has 1 aromatic heterocycles. The van der Waals surface area contributed by atoms with Crippen LogP contribution in [0.5, 0.6) is 0 Å². The molecule has 3 heterocycles. The van der Waals surface area contributed by atoms with Crippen molar-refractivity contribution in [1.29, 1.82) is 0 Å². The Balaban J connectivity index is 1.48. The molecule has 0 amide bonds. The van der Waals surface area contributed by atoms with E-state index in [1.54, 1.807) is 0 Å². The maximum Gasteiger partial charge on any atom is 0.417 e. The van der Waals surface area contributed by atoms with E-state index in [-0.39, 0.29) is 0 Å². The molecule has 2 aliphatic heterocycles. The summed E-state index contributed by atoms with van der Waals surface area (Å²) in [4.78, 5) is 8.23. The number of para-hydroxylation sites is 5. The first kappa shape index (κ1) is 25.4. The van der Waals surface area contributed by atoms with Crippen LogP contribution in [0.15, 0.2) is 146 Å². The second kappa shape index (κ2) is 9.33. The fourth-order valence-corrected chi connectivity index (χ4v) is 6.91.